The second-order valence-corrected chi connectivity index (χ2v) is 5.06. The zero-order valence-corrected chi connectivity index (χ0v) is 13.7. The van der Waals surface area contributed by atoms with Crippen LogP contribution >= 0.6 is 11.6 Å². The van der Waals surface area contributed by atoms with Crippen molar-refractivity contribution in [3.05, 3.63) is 71.8 Å². The minimum absolute atomic E-state index is 0.185. The summed E-state index contributed by atoms with van der Waals surface area (Å²) in [6.45, 7) is 3.81. The largest absolute Gasteiger partial charge is 0.489 e. The highest BCUT2D eigenvalue weighted by Gasteiger charge is 2.04. The van der Waals surface area contributed by atoms with Crippen molar-refractivity contribution in [1.29, 1.82) is 0 Å². The van der Waals surface area contributed by atoms with E-state index >= 15 is 0 Å². The minimum atomic E-state index is -0.393. The SMILES string of the molecule is C=CCOc1ccccc1C=NNC(=O)COc1ccccc1Cl. The lowest BCUT2D eigenvalue weighted by molar-refractivity contribution is -0.123. The van der Waals surface area contributed by atoms with Gasteiger partial charge < -0.3 is 9.47 Å². The van der Waals surface area contributed by atoms with Crippen molar-refractivity contribution in [1.82, 2.24) is 5.43 Å². The van der Waals surface area contributed by atoms with Crippen molar-refractivity contribution >= 4 is 23.7 Å². The number of hydrogen-bond acceptors (Lipinski definition) is 4. The molecule has 2 aromatic rings. The van der Waals surface area contributed by atoms with Crippen LogP contribution in [-0.2, 0) is 4.79 Å². The van der Waals surface area contributed by atoms with E-state index in [0.717, 1.165) is 5.56 Å². The van der Waals surface area contributed by atoms with E-state index in [9.17, 15) is 4.79 Å². The number of ether oxygens (including phenoxy) is 2. The van der Waals surface area contributed by atoms with Crippen molar-refractivity contribution in [2.75, 3.05) is 13.2 Å². The van der Waals surface area contributed by atoms with Gasteiger partial charge in [0.2, 0.25) is 0 Å². The van der Waals surface area contributed by atoms with Gasteiger partial charge in [-0.2, -0.15) is 5.10 Å². The summed E-state index contributed by atoms with van der Waals surface area (Å²) in [5, 5.41) is 4.35. The molecule has 0 aliphatic rings. The first-order chi connectivity index (χ1) is 11.7. The molecule has 0 saturated carbocycles. The van der Waals surface area contributed by atoms with E-state index in [1.165, 1.54) is 6.21 Å². The van der Waals surface area contributed by atoms with E-state index in [-0.39, 0.29) is 6.61 Å². The van der Waals surface area contributed by atoms with E-state index < -0.39 is 5.91 Å². The van der Waals surface area contributed by atoms with Crippen molar-refractivity contribution in [2.24, 2.45) is 5.10 Å². The molecule has 24 heavy (non-hydrogen) atoms. The van der Waals surface area contributed by atoms with Crippen LogP contribution in [0.3, 0.4) is 0 Å². The number of rotatable bonds is 8. The number of carbonyl (C=O) groups excluding carboxylic acids is 1. The summed E-state index contributed by atoms with van der Waals surface area (Å²) in [4.78, 5) is 11.7. The smallest absolute Gasteiger partial charge is 0.277 e. The lowest BCUT2D eigenvalue weighted by Crippen LogP contribution is -2.24. The van der Waals surface area contributed by atoms with Gasteiger partial charge in [0, 0.05) is 5.56 Å². The third-order valence-corrected chi connectivity index (χ3v) is 3.18. The number of hydrazone groups is 1. The number of para-hydroxylation sites is 2. The van der Waals surface area contributed by atoms with Crippen LogP contribution in [0.4, 0.5) is 0 Å². The molecule has 0 bridgehead atoms. The van der Waals surface area contributed by atoms with Gasteiger partial charge in [-0.15, -0.1) is 0 Å². The molecule has 0 aliphatic heterocycles. The van der Waals surface area contributed by atoms with Crippen molar-refractivity contribution in [2.45, 2.75) is 0 Å². The molecule has 0 unspecified atom stereocenters. The fourth-order valence-corrected chi connectivity index (χ4v) is 1.97. The standard InChI is InChI=1S/C18H17ClN2O3/c1-2-11-23-16-9-5-3-7-14(16)12-20-21-18(22)13-24-17-10-6-4-8-15(17)19/h2-10,12H,1,11,13H2,(H,21,22). The normalized spacial score (nSPS) is 10.4. The molecule has 0 spiro atoms. The fourth-order valence-electron chi connectivity index (χ4n) is 1.78. The molecule has 0 saturated heterocycles. The Balaban J connectivity index is 1.86. The van der Waals surface area contributed by atoms with Gasteiger partial charge >= 0.3 is 0 Å². The summed E-state index contributed by atoms with van der Waals surface area (Å²) in [6.07, 6.45) is 3.16. The lowest BCUT2D eigenvalue weighted by atomic mass is 10.2. The van der Waals surface area contributed by atoms with Crippen LogP contribution in [-0.4, -0.2) is 25.3 Å². The van der Waals surface area contributed by atoms with Gasteiger partial charge in [0.15, 0.2) is 6.61 Å². The summed E-state index contributed by atoms with van der Waals surface area (Å²) >= 11 is 5.94. The van der Waals surface area contributed by atoms with Crippen LogP contribution < -0.4 is 14.9 Å². The molecule has 0 fully saturated rings. The number of amides is 1. The topological polar surface area (TPSA) is 59.9 Å². The molecule has 0 atom stereocenters. The van der Waals surface area contributed by atoms with Gasteiger partial charge in [-0.3, -0.25) is 4.79 Å². The monoisotopic (exact) mass is 344 g/mol. The maximum absolute atomic E-state index is 11.7. The number of nitrogens with one attached hydrogen (secondary N) is 1. The maximum atomic E-state index is 11.7. The molecule has 0 aromatic heterocycles. The highest BCUT2D eigenvalue weighted by Crippen LogP contribution is 2.22. The first-order valence-corrected chi connectivity index (χ1v) is 7.60. The summed E-state index contributed by atoms with van der Waals surface area (Å²) in [7, 11) is 0. The zero-order chi connectivity index (χ0) is 17.2. The number of halogens is 1. The Morgan fingerprint density at radius 1 is 1.12 bits per heavy atom. The van der Waals surface area contributed by atoms with E-state index in [1.54, 1.807) is 30.3 Å². The van der Waals surface area contributed by atoms with E-state index in [0.29, 0.717) is 23.1 Å². The molecule has 6 heteroatoms. The van der Waals surface area contributed by atoms with Crippen LogP contribution in [0, 0.1) is 0 Å². The van der Waals surface area contributed by atoms with E-state index in [1.807, 2.05) is 24.3 Å². The fraction of sp³-hybridized carbons (Fsp3) is 0.111. The quantitative estimate of drug-likeness (QED) is 0.453. The highest BCUT2D eigenvalue weighted by atomic mass is 35.5. The Morgan fingerprint density at radius 2 is 1.83 bits per heavy atom. The van der Waals surface area contributed by atoms with Crippen LogP contribution in [0.2, 0.25) is 5.02 Å². The molecular formula is C18H17ClN2O3. The number of carbonyl (C=O) groups is 1. The van der Waals surface area contributed by atoms with Crippen LogP contribution in [0.15, 0.2) is 66.3 Å². The summed E-state index contributed by atoms with van der Waals surface area (Å²) in [5.74, 6) is 0.708. The molecule has 1 amide bonds. The molecule has 124 valence electrons. The molecule has 2 aromatic carbocycles. The number of hydrogen-bond donors (Lipinski definition) is 1. The Labute approximate surface area is 145 Å². The molecule has 0 heterocycles. The molecular weight excluding hydrogens is 328 g/mol. The van der Waals surface area contributed by atoms with Gasteiger partial charge in [0.25, 0.3) is 5.91 Å². The highest BCUT2D eigenvalue weighted by molar-refractivity contribution is 6.32. The first-order valence-electron chi connectivity index (χ1n) is 7.22. The first kappa shape index (κ1) is 17.6. The molecule has 0 aliphatic carbocycles. The van der Waals surface area contributed by atoms with Crippen molar-refractivity contribution < 1.29 is 14.3 Å². The van der Waals surface area contributed by atoms with Gasteiger partial charge in [0.1, 0.15) is 18.1 Å². The number of nitrogens with zero attached hydrogens (tertiary/aromatic N) is 1. The van der Waals surface area contributed by atoms with Crippen LogP contribution in [0.5, 0.6) is 11.5 Å². The van der Waals surface area contributed by atoms with Gasteiger partial charge in [-0.05, 0) is 24.3 Å². The van der Waals surface area contributed by atoms with Crippen molar-refractivity contribution in [3.8, 4) is 11.5 Å². The number of benzene rings is 2. The second kappa shape index (κ2) is 9.37. The summed E-state index contributed by atoms with van der Waals surface area (Å²) in [6, 6.07) is 14.3. The summed E-state index contributed by atoms with van der Waals surface area (Å²) < 4.78 is 10.8. The minimum Gasteiger partial charge on any atom is -0.489 e. The Bertz CT molecular complexity index is 732. The van der Waals surface area contributed by atoms with Crippen molar-refractivity contribution in [3.63, 3.8) is 0 Å². The third-order valence-electron chi connectivity index (χ3n) is 2.86. The second-order valence-electron chi connectivity index (χ2n) is 4.65. The Morgan fingerprint density at radius 3 is 2.58 bits per heavy atom. The maximum Gasteiger partial charge on any atom is 0.277 e. The van der Waals surface area contributed by atoms with Gasteiger partial charge in [-0.25, -0.2) is 5.43 Å². The predicted molar refractivity (Wildman–Crippen MR) is 94.8 cm³/mol. The predicted octanol–water partition coefficient (Wildman–Crippen LogP) is 3.43. The van der Waals surface area contributed by atoms with Gasteiger partial charge in [-0.1, -0.05) is 48.5 Å². The summed E-state index contributed by atoms with van der Waals surface area (Å²) in [5.41, 5.74) is 3.13. The van der Waals surface area contributed by atoms with Gasteiger partial charge in [0.05, 0.1) is 11.2 Å². The van der Waals surface area contributed by atoms with Crippen LogP contribution in [0.1, 0.15) is 5.56 Å². The zero-order valence-electron chi connectivity index (χ0n) is 12.9. The molecule has 2 rings (SSSR count). The third kappa shape index (κ3) is 5.44. The van der Waals surface area contributed by atoms with E-state index in [2.05, 4.69) is 17.1 Å². The molecule has 0 radical (unpaired) electrons. The Kier molecular flexibility index (Phi) is 6.86. The molecule has 1 N–H and O–H groups in total. The Hall–Kier alpha value is -2.79. The average molecular weight is 345 g/mol. The molecule has 5 nitrogen and oxygen atoms in total. The van der Waals surface area contributed by atoms with Crippen LogP contribution in [0.25, 0.3) is 0 Å². The van der Waals surface area contributed by atoms with E-state index in [4.69, 9.17) is 21.1 Å². The average Bonchev–Trinajstić information content (AvgIpc) is 2.60. The lowest BCUT2D eigenvalue weighted by Gasteiger charge is -2.07.